The summed E-state index contributed by atoms with van der Waals surface area (Å²) in [6.07, 6.45) is -18.3. The van der Waals surface area contributed by atoms with E-state index in [-0.39, 0.29) is 66.2 Å². The molecule has 0 aromatic heterocycles. The molecule has 0 aromatic rings. The minimum Gasteiger partial charge on any atom is -0.506 e. The number of aliphatic hydroxyl groups is 3. The fourth-order valence-electron chi connectivity index (χ4n) is 10.9. The number of rotatable bonds is 6. The number of alkyl halides is 21. The predicted molar refractivity (Wildman–Crippen MR) is 196 cm³/mol. The van der Waals surface area contributed by atoms with Crippen LogP contribution in [0.2, 0.25) is 0 Å². The molecule has 0 aromatic carbocycles. The average Bonchev–Trinajstić information content (AvgIpc) is 3.79. The first-order valence-electron chi connectivity index (χ1n) is 20.5. The summed E-state index contributed by atoms with van der Waals surface area (Å²) in [5.41, 5.74) is -9.29. The van der Waals surface area contributed by atoms with E-state index < -0.39 is 156 Å². The normalized spacial score (nSPS) is 32.8. The molecule has 6 bridgehead atoms. The number of carbonyl (C=O) groups excluding carboxylic acids is 3. The van der Waals surface area contributed by atoms with Crippen molar-refractivity contribution in [3.05, 3.63) is 34.0 Å². The Morgan fingerprint density at radius 2 is 0.529 bits per heavy atom. The van der Waals surface area contributed by atoms with Gasteiger partial charge in [0.05, 0.1) is 0 Å². The molecule has 28 heteroatoms. The molecule has 6 rings (SSSR count). The minimum absolute atomic E-state index is 0. The van der Waals surface area contributed by atoms with E-state index in [2.05, 4.69) is 0 Å². The maximum atomic E-state index is 13.7. The molecule has 0 heterocycles. The van der Waals surface area contributed by atoms with Gasteiger partial charge in [0.2, 0.25) is 0 Å². The van der Waals surface area contributed by atoms with Crippen LogP contribution >= 0.6 is 0 Å². The molecule has 0 aliphatic heterocycles. The molecule has 0 saturated heterocycles. The second-order valence-electron chi connectivity index (χ2n) is 20.6. The molecule has 6 nitrogen and oxygen atoms in total. The zero-order chi connectivity index (χ0) is 54.7. The fraction of sp³-hybridized carbons (Fsp3) is 0.786. The van der Waals surface area contributed by atoms with Crippen LogP contribution in [0.4, 0.5) is 92.2 Å². The van der Waals surface area contributed by atoms with Crippen molar-refractivity contribution in [3.8, 4) is 0 Å². The Labute approximate surface area is 423 Å². The Hall–Kier alpha value is -2.32. The fourth-order valence-corrected chi connectivity index (χ4v) is 10.9. The van der Waals surface area contributed by atoms with E-state index in [4.69, 9.17) is 0 Å². The van der Waals surface area contributed by atoms with Gasteiger partial charge in [-0.3, -0.25) is 14.4 Å². The van der Waals surface area contributed by atoms with Crippen molar-refractivity contribution in [1.82, 2.24) is 0 Å². The number of hydrogen-bond acceptors (Lipinski definition) is 6. The predicted octanol–water partition coefficient (Wildman–Crippen LogP) is 14.0. The maximum Gasteiger partial charge on any atom is 0.460 e. The largest absolute Gasteiger partial charge is 0.506 e. The standard InChI is InChI=1S/3C14H15F7O2.Yb/c3*1-10(2)6-4-5-11(10,3)8(22)7(6)9(23)12(15,16)13(17,18)14(19,20)21;/h3*6,23H,4-5H2,1-3H3;/b3*9-7+;/t3*6-,11+;/m111./s1. The topological polar surface area (TPSA) is 112 Å². The number of halogens is 21. The molecule has 0 radical (unpaired) electrons. The van der Waals surface area contributed by atoms with E-state index in [1.165, 1.54) is 20.8 Å². The van der Waals surface area contributed by atoms with E-state index >= 15 is 0 Å². The van der Waals surface area contributed by atoms with Gasteiger partial charge >= 0.3 is 54.1 Å². The van der Waals surface area contributed by atoms with Gasteiger partial charge < -0.3 is 15.3 Å². The number of hydrogen-bond donors (Lipinski definition) is 3. The molecular formula is C42H45F21O6Yb. The summed E-state index contributed by atoms with van der Waals surface area (Å²) in [5, 5.41) is 28.6. The summed E-state index contributed by atoms with van der Waals surface area (Å²) < 4.78 is 271. The monoisotopic (exact) mass is 1220 g/mol. The summed E-state index contributed by atoms with van der Waals surface area (Å²) in [6.45, 7) is 13.6. The van der Waals surface area contributed by atoms with Crippen LogP contribution in [0, 0.1) is 97.2 Å². The van der Waals surface area contributed by atoms with Gasteiger partial charge in [-0.2, -0.15) is 92.2 Å². The first-order valence-corrected chi connectivity index (χ1v) is 20.5. The van der Waals surface area contributed by atoms with Crippen molar-refractivity contribution in [1.29, 1.82) is 0 Å². The number of fused-ring (bicyclic) bond motifs is 6. The van der Waals surface area contributed by atoms with E-state index in [1.807, 2.05) is 0 Å². The minimum atomic E-state index is -6.56. The van der Waals surface area contributed by atoms with Crippen LogP contribution in [-0.2, 0) is 14.4 Å². The summed E-state index contributed by atoms with van der Waals surface area (Å²) in [6, 6.07) is 0. The molecule has 0 spiro atoms. The third-order valence-electron chi connectivity index (χ3n) is 16.9. The Kier molecular flexibility index (Phi) is 15.1. The van der Waals surface area contributed by atoms with Gasteiger partial charge in [0, 0.05) is 79.9 Å². The van der Waals surface area contributed by atoms with Crippen molar-refractivity contribution in [2.24, 2.45) is 50.2 Å². The van der Waals surface area contributed by atoms with Crippen LogP contribution in [0.1, 0.15) is 101 Å². The summed E-state index contributed by atoms with van der Waals surface area (Å²) in [7, 11) is 0. The number of allylic oxidation sites excluding steroid dienone is 6. The Balaban J connectivity index is 0.000000276. The van der Waals surface area contributed by atoms with Crippen molar-refractivity contribution in [2.45, 2.75) is 155 Å². The average molecular weight is 1220 g/mol. The van der Waals surface area contributed by atoms with Crippen LogP contribution in [-0.4, -0.2) is 86.7 Å². The van der Waals surface area contributed by atoms with Crippen LogP contribution in [0.5, 0.6) is 0 Å². The first-order chi connectivity index (χ1) is 30.1. The first kappa shape index (κ1) is 62.0. The summed E-state index contributed by atoms with van der Waals surface area (Å²) in [4.78, 5) is 36.9. The van der Waals surface area contributed by atoms with Gasteiger partial charge in [-0.05, 0) is 72.5 Å². The maximum absolute atomic E-state index is 13.7. The Morgan fingerprint density at radius 1 is 0.371 bits per heavy atom. The van der Waals surface area contributed by atoms with E-state index in [1.54, 1.807) is 41.5 Å². The van der Waals surface area contributed by atoms with Crippen molar-refractivity contribution < 1.29 is 169 Å². The number of aliphatic hydroxyl groups excluding tert-OH is 3. The van der Waals surface area contributed by atoms with Crippen molar-refractivity contribution >= 4 is 17.3 Å². The molecular weight excluding hydrogens is 1170 g/mol. The molecule has 6 saturated carbocycles. The molecule has 6 aliphatic carbocycles. The van der Waals surface area contributed by atoms with Crippen LogP contribution in [0.3, 0.4) is 0 Å². The third kappa shape index (κ3) is 7.88. The number of carbonyl (C=O) groups is 3. The number of ketones is 3. The SMILES string of the molecule is CC1(C)[C@@H]2CC[C@@]1(C)C(=O)/C2=C(/O)C(F)(F)C(F)(F)C(F)(F)F.CC1(C)[C@@H]2CC[C@@]1(C)C(=O)/C2=C(/O)C(F)(F)C(F)(F)C(F)(F)F.CC1(C)[C@@H]2CC[C@@]1(C)C(=O)/C2=C(/O)C(F)(F)C(F)(F)C(F)(F)F.[Yb]. The second-order valence-corrected chi connectivity index (χ2v) is 20.6. The smallest absolute Gasteiger partial charge is 0.460 e. The van der Waals surface area contributed by atoms with Crippen LogP contribution in [0.25, 0.3) is 0 Å². The van der Waals surface area contributed by atoms with E-state index in [0.29, 0.717) is 19.3 Å². The molecule has 6 fully saturated rings. The quantitative estimate of drug-likeness (QED) is 0.139. The zero-order valence-corrected chi connectivity index (χ0v) is 39.5. The van der Waals surface area contributed by atoms with E-state index in [9.17, 15) is 122 Å². The van der Waals surface area contributed by atoms with Gasteiger partial charge in [0.25, 0.3) is 0 Å². The van der Waals surface area contributed by atoms with Crippen molar-refractivity contribution in [3.63, 3.8) is 0 Å². The summed E-state index contributed by atoms with van der Waals surface area (Å²) in [5.74, 6) is -50.5. The van der Waals surface area contributed by atoms with Gasteiger partial charge in [-0.15, -0.1) is 0 Å². The second kappa shape index (κ2) is 17.1. The number of Topliss-reactive ketones (excluding diaryl/α,β-unsaturated/α-hetero) is 3. The van der Waals surface area contributed by atoms with E-state index in [0.717, 1.165) is 0 Å². The molecule has 6 atom stereocenters. The Bertz CT molecular complexity index is 2020. The van der Waals surface area contributed by atoms with Crippen LogP contribution < -0.4 is 0 Å². The molecule has 70 heavy (non-hydrogen) atoms. The van der Waals surface area contributed by atoms with Crippen molar-refractivity contribution in [2.75, 3.05) is 0 Å². The molecule has 0 unspecified atom stereocenters. The summed E-state index contributed by atoms with van der Waals surface area (Å²) >= 11 is 0. The van der Waals surface area contributed by atoms with Gasteiger partial charge in [0.15, 0.2) is 34.6 Å². The third-order valence-corrected chi connectivity index (χ3v) is 16.9. The molecule has 3 N–H and O–H groups in total. The molecule has 0 amide bonds. The zero-order valence-electron chi connectivity index (χ0n) is 37.7. The van der Waals surface area contributed by atoms with Gasteiger partial charge in [0.1, 0.15) is 0 Å². The van der Waals surface area contributed by atoms with Crippen LogP contribution in [0.15, 0.2) is 34.0 Å². The molecule has 6 aliphatic rings. The Morgan fingerprint density at radius 3 is 0.643 bits per heavy atom. The van der Waals surface area contributed by atoms with Gasteiger partial charge in [-0.25, -0.2) is 0 Å². The van der Waals surface area contributed by atoms with Gasteiger partial charge in [-0.1, -0.05) is 62.3 Å². The molecule has 410 valence electrons.